The number of benzene rings is 2. The molecule has 0 saturated heterocycles. The third-order valence-electron chi connectivity index (χ3n) is 6.23. The van der Waals surface area contributed by atoms with Gasteiger partial charge in [-0.1, -0.05) is 6.07 Å². The second-order valence-corrected chi connectivity index (χ2v) is 7.87. The van der Waals surface area contributed by atoms with Gasteiger partial charge in [0.1, 0.15) is 6.04 Å². The summed E-state index contributed by atoms with van der Waals surface area (Å²) in [6.07, 6.45) is 1.99. The van der Waals surface area contributed by atoms with Gasteiger partial charge in [0.15, 0.2) is 23.0 Å². The molecule has 1 aliphatic carbocycles. The molecule has 2 aromatic carbocycles. The molecule has 144 valence electrons. The monoisotopic (exact) mass is 370 g/mol. The van der Waals surface area contributed by atoms with Gasteiger partial charge in [0, 0.05) is 29.5 Å². The predicted octanol–water partition coefficient (Wildman–Crippen LogP) is 3.62. The number of rotatable bonds is 4. The maximum absolute atomic E-state index is 5.88. The van der Waals surface area contributed by atoms with Crippen LogP contribution in [0.15, 0.2) is 18.2 Å². The van der Waals surface area contributed by atoms with E-state index < -0.39 is 0 Å². The molecule has 5 heteroatoms. The standard InChI is InChI=1S/C22H28NO4/c1-23(2)10-9-14-12-17(25-4)22(27-6)20-18(14)15(23)11-13-7-8-16(24-3)21(26-5)19(13)20/h7-8,12,15H,9-11H2,1-6H3/q+1. The van der Waals surface area contributed by atoms with Gasteiger partial charge in [-0.2, -0.15) is 0 Å². The van der Waals surface area contributed by atoms with Crippen LogP contribution in [0.25, 0.3) is 11.1 Å². The van der Waals surface area contributed by atoms with Gasteiger partial charge in [-0.05, 0) is 23.3 Å². The Bertz CT molecular complexity index is 904. The van der Waals surface area contributed by atoms with Crippen molar-refractivity contribution in [2.75, 3.05) is 49.1 Å². The molecule has 0 saturated carbocycles. The Hall–Kier alpha value is -2.40. The molecule has 27 heavy (non-hydrogen) atoms. The topological polar surface area (TPSA) is 36.9 Å². The van der Waals surface area contributed by atoms with Gasteiger partial charge in [-0.15, -0.1) is 0 Å². The first kappa shape index (κ1) is 18.0. The molecule has 2 aromatic rings. The van der Waals surface area contributed by atoms with E-state index in [1.807, 2.05) is 6.07 Å². The van der Waals surface area contributed by atoms with E-state index in [9.17, 15) is 0 Å². The fraction of sp³-hybridized carbons (Fsp3) is 0.455. The lowest BCUT2D eigenvalue weighted by Crippen LogP contribution is -2.49. The van der Waals surface area contributed by atoms with Crippen LogP contribution in [0.2, 0.25) is 0 Å². The van der Waals surface area contributed by atoms with Gasteiger partial charge < -0.3 is 23.4 Å². The third kappa shape index (κ3) is 2.48. The summed E-state index contributed by atoms with van der Waals surface area (Å²) in [6.45, 7) is 1.11. The van der Waals surface area contributed by atoms with E-state index >= 15 is 0 Å². The first-order valence-electron chi connectivity index (χ1n) is 9.31. The molecule has 0 fully saturated rings. The van der Waals surface area contributed by atoms with Crippen molar-refractivity contribution in [2.45, 2.75) is 18.9 Å². The summed E-state index contributed by atoms with van der Waals surface area (Å²) in [5.41, 5.74) is 6.14. The number of likely N-dealkylation sites (N-methyl/N-ethyl adjacent to an activating group) is 1. The lowest BCUT2D eigenvalue weighted by Gasteiger charge is -2.46. The number of methoxy groups -OCH3 is 4. The summed E-state index contributed by atoms with van der Waals surface area (Å²) in [7, 11) is 11.4. The van der Waals surface area contributed by atoms with Crippen LogP contribution in [-0.2, 0) is 12.8 Å². The fourth-order valence-corrected chi connectivity index (χ4v) is 4.78. The maximum Gasteiger partial charge on any atom is 0.169 e. The molecule has 5 nitrogen and oxygen atoms in total. The normalized spacial score (nSPS) is 19.0. The smallest absolute Gasteiger partial charge is 0.169 e. The van der Waals surface area contributed by atoms with Crippen molar-refractivity contribution in [1.82, 2.24) is 0 Å². The second-order valence-electron chi connectivity index (χ2n) is 7.87. The Kier molecular flexibility index (Phi) is 4.22. The third-order valence-corrected chi connectivity index (χ3v) is 6.23. The first-order valence-corrected chi connectivity index (χ1v) is 9.31. The largest absolute Gasteiger partial charge is 0.493 e. The minimum absolute atomic E-state index is 0.383. The first-order chi connectivity index (χ1) is 13.0. The summed E-state index contributed by atoms with van der Waals surface area (Å²) in [5, 5.41) is 0. The van der Waals surface area contributed by atoms with E-state index in [4.69, 9.17) is 18.9 Å². The van der Waals surface area contributed by atoms with Gasteiger partial charge in [0.25, 0.3) is 0 Å². The predicted molar refractivity (Wildman–Crippen MR) is 105 cm³/mol. The molecule has 0 bridgehead atoms. The fourth-order valence-electron chi connectivity index (χ4n) is 4.78. The molecule has 1 unspecified atom stereocenters. The summed E-state index contributed by atoms with van der Waals surface area (Å²) in [5.74, 6) is 3.04. The van der Waals surface area contributed by atoms with Crippen LogP contribution in [0.3, 0.4) is 0 Å². The van der Waals surface area contributed by atoms with E-state index in [2.05, 4.69) is 26.2 Å². The molecule has 0 N–H and O–H groups in total. The molecular formula is C22H28NO4+. The Morgan fingerprint density at radius 1 is 0.815 bits per heavy atom. The van der Waals surface area contributed by atoms with Crippen molar-refractivity contribution in [1.29, 1.82) is 0 Å². The van der Waals surface area contributed by atoms with Crippen LogP contribution in [0.4, 0.5) is 0 Å². The quantitative estimate of drug-likeness (QED) is 0.771. The SMILES string of the molecule is COc1ccc2c(c1OC)-c1c(OC)c(OC)cc3c1C(C2)[N+](C)(C)CC3. The van der Waals surface area contributed by atoms with Crippen molar-refractivity contribution in [3.8, 4) is 34.1 Å². The van der Waals surface area contributed by atoms with Gasteiger partial charge in [0.05, 0.1) is 49.1 Å². The van der Waals surface area contributed by atoms with Crippen LogP contribution in [-0.4, -0.2) is 53.6 Å². The van der Waals surface area contributed by atoms with Crippen molar-refractivity contribution < 1.29 is 23.4 Å². The van der Waals surface area contributed by atoms with E-state index in [0.29, 0.717) is 6.04 Å². The average Bonchev–Trinajstić information content (AvgIpc) is 2.68. The maximum atomic E-state index is 5.88. The average molecular weight is 370 g/mol. The molecule has 4 rings (SSSR count). The van der Waals surface area contributed by atoms with Gasteiger partial charge >= 0.3 is 0 Å². The minimum Gasteiger partial charge on any atom is -0.493 e. The summed E-state index contributed by atoms with van der Waals surface area (Å²) >= 11 is 0. The van der Waals surface area contributed by atoms with Crippen molar-refractivity contribution in [3.05, 3.63) is 34.9 Å². The molecule has 1 aliphatic heterocycles. The van der Waals surface area contributed by atoms with Gasteiger partial charge in [-0.25, -0.2) is 0 Å². The van der Waals surface area contributed by atoms with Gasteiger partial charge in [0.2, 0.25) is 0 Å². The highest BCUT2D eigenvalue weighted by molar-refractivity contribution is 5.88. The van der Waals surface area contributed by atoms with Crippen molar-refractivity contribution in [2.24, 2.45) is 0 Å². The van der Waals surface area contributed by atoms with Crippen LogP contribution in [0, 0.1) is 0 Å². The molecule has 0 amide bonds. The van der Waals surface area contributed by atoms with Crippen LogP contribution >= 0.6 is 0 Å². The van der Waals surface area contributed by atoms with Gasteiger partial charge in [-0.3, -0.25) is 0 Å². The molecule has 0 radical (unpaired) electrons. The van der Waals surface area contributed by atoms with Crippen LogP contribution < -0.4 is 18.9 Å². The van der Waals surface area contributed by atoms with E-state index in [0.717, 1.165) is 58.0 Å². The second kappa shape index (κ2) is 6.34. The summed E-state index contributed by atoms with van der Waals surface area (Å²) in [4.78, 5) is 0. The number of hydrogen-bond donors (Lipinski definition) is 0. The highest BCUT2D eigenvalue weighted by Gasteiger charge is 2.44. The summed E-state index contributed by atoms with van der Waals surface area (Å²) < 4.78 is 23.9. The van der Waals surface area contributed by atoms with E-state index in [-0.39, 0.29) is 0 Å². The van der Waals surface area contributed by atoms with Crippen LogP contribution in [0.5, 0.6) is 23.0 Å². The van der Waals surface area contributed by atoms with E-state index in [1.54, 1.807) is 28.4 Å². The number of nitrogens with zero attached hydrogens (tertiary/aromatic N) is 1. The molecule has 0 spiro atoms. The van der Waals surface area contributed by atoms with Crippen LogP contribution in [0.1, 0.15) is 22.7 Å². The molecule has 2 aliphatic rings. The Morgan fingerprint density at radius 3 is 2.11 bits per heavy atom. The molecule has 1 atom stereocenters. The number of quaternary nitrogens is 1. The lowest BCUT2D eigenvalue weighted by molar-refractivity contribution is -0.923. The van der Waals surface area contributed by atoms with Crippen molar-refractivity contribution in [3.63, 3.8) is 0 Å². The molecular weight excluding hydrogens is 342 g/mol. The lowest BCUT2D eigenvalue weighted by atomic mass is 9.75. The Labute approximate surface area is 161 Å². The minimum atomic E-state index is 0.383. The molecule has 1 heterocycles. The Morgan fingerprint density at radius 2 is 1.48 bits per heavy atom. The zero-order chi connectivity index (χ0) is 19.3. The number of ether oxygens (including phenoxy) is 4. The van der Waals surface area contributed by atoms with E-state index in [1.165, 1.54) is 16.7 Å². The summed E-state index contributed by atoms with van der Waals surface area (Å²) in [6, 6.07) is 6.70. The highest BCUT2D eigenvalue weighted by atomic mass is 16.5. The number of fused-ring (bicyclic) bond motifs is 2. The zero-order valence-corrected chi connectivity index (χ0v) is 17.0. The Balaban J connectivity index is 2.14. The zero-order valence-electron chi connectivity index (χ0n) is 17.0. The van der Waals surface area contributed by atoms with Crippen molar-refractivity contribution >= 4 is 0 Å². The highest BCUT2D eigenvalue weighted by Crippen LogP contribution is 2.57. The number of hydrogen-bond acceptors (Lipinski definition) is 4. The molecule has 0 aromatic heterocycles.